The van der Waals surface area contributed by atoms with Gasteiger partial charge in [0.15, 0.2) is 11.4 Å². The van der Waals surface area contributed by atoms with Gasteiger partial charge in [0, 0.05) is 23.8 Å². The fraction of sp³-hybridized carbons (Fsp3) is 0.516. The molecule has 1 saturated heterocycles. The zero-order valence-corrected chi connectivity index (χ0v) is 24.2. The minimum atomic E-state index is -0.752. The average molecular weight is 585 g/mol. The van der Waals surface area contributed by atoms with E-state index in [9.17, 15) is 19.1 Å². The summed E-state index contributed by atoms with van der Waals surface area (Å²) in [6, 6.07) is 7.32. The number of nitrogens with one attached hydrogen (secondary N) is 1. The first-order chi connectivity index (χ1) is 20.1. The van der Waals surface area contributed by atoms with Crippen LogP contribution in [0.1, 0.15) is 49.7 Å². The van der Waals surface area contributed by atoms with Crippen LogP contribution in [-0.2, 0) is 20.7 Å². The predicted molar refractivity (Wildman–Crippen MR) is 154 cm³/mol. The molecular weight excluding hydrogens is 546 g/mol. The van der Waals surface area contributed by atoms with Crippen LogP contribution in [0, 0.1) is 24.5 Å². The van der Waals surface area contributed by atoms with Crippen LogP contribution in [-0.4, -0.2) is 77.2 Å². The highest BCUT2D eigenvalue weighted by molar-refractivity contribution is 5.83. The lowest BCUT2D eigenvalue weighted by Gasteiger charge is -2.33. The number of aromatic nitrogens is 1. The van der Waals surface area contributed by atoms with Crippen LogP contribution in [0.4, 0.5) is 20.5 Å². The number of rotatable bonds is 10. The second-order valence-electron chi connectivity index (χ2n) is 11.8. The Balaban J connectivity index is 1.28. The van der Waals surface area contributed by atoms with Crippen LogP contribution < -0.4 is 5.32 Å². The van der Waals surface area contributed by atoms with Crippen molar-refractivity contribution in [3.63, 3.8) is 0 Å². The summed E-state index contributed by atoms with van der Waals surface area (Å²) in [5, 5.41) is 12.2. The van der Waals surface area contributed by atoms with Crippen molar-refractivity contribution < 1.29 is 32.6 Å². The van der Waals surface area contributed by atoms with Crippen molar-refractivity contribution in [2.24, 2.45) is 5.92 Å². The number of halogens is 2. The number of nitrogens with zero attached hydrogens (tertiary/aromatic N) is 3. The zero-order valence-electron chi connectivity index (χ0n) is 24.2. The fourth-order valence-corrected chi connectivity index (χ4v) is 6.15. The molecule has 2 heterocycles. The largest absolute Gasteiger partial charge is 0.481 e. The number of amides is 1. The van der Waals surface area contributed by atoms with Crippen molar-refractivity contribution in [1.29, 1.82) is 0 Å². The van der Waals surface area contributed by atoms with Gasteiger partial charge in [-0.25, -0.2) is 8.78 Å². The summed E-state index contributed by atoms with van der Waals surface area (Å²) in [7, 11) is 3.92. The fourth-order valence-electron chi connectivity index (χ4n) is 6.15. The number of hydrogen-bond donors (Lipinski definition) is 2. The topological polar surface area (TPSA) is 108 Å². The van der Waals surface area contributed by atoms with Gasteiger partial charge in [0.1, 0.15) is 11.3 Å². The number of likely N-dealkylation sites (tertiary alicyclic amines) is 1. The van der Waals surface area contributed by atoms with Crippen molar-refractivity contribution >= 4 is 34.7 Å². The Morgan fingerprint density at radius 3 is 2.55 bits per heavy atom. The maximum atomic E-state index is 15.6. The lowest BCUT2D eigenvalue weighted by atomic mass is 9.87. The molecule has 1 aromatic heterocycles. The van der Waals surface area contributed by atoms with Crippen molar-refractivity contribution in [3.05, 3.63) is 53.1 Å². The summed E-state index contributed by atoms with van der Waals surface area (Å²) >= 11 is 0. The van der Waals surface area contributed by atoms with E-state index in [2.05, 4.69) is 10.3 Å². The van der Waals surface area contributed by atoms with E-state index in [0.717, 1.165) is 18.4 Å². The van der Waals surface area contributed by atoms with Gasteiger partial charge in [0.2, 0.25) is 5.91 Å². The molecule has 1 aliphatic carbocycles. The molecule has 0 unspecified atom stereocenters. The number of carboxylic acid groups (broad SMARTS) is 1. The summed E-state index contributed by atoms with van der Waals surface area (Å²) in [6.07, 6.45) is 4.02. The number of hydrogen-bond acceptors (Lipinski definition) is 7. The molecule has 226 valence electrons. The molecule has 2 aromatic carbocycles. The van der Waals surface area contributed by atoms with Gasteiger partial charge in [-0.15, -0.1) is 0 Å². The van der Waals surface area contributed by atoms with Gasteiger partial charge < -0.3 is 29.4 Å². The highest BCUT2D eigenvalue weighted by Crippen LogP contribution is 2.32. The number of aliphatic carboxylic acids is 1. The highest BCUT2D eigenvalue weighted by Gasteiger charge is 2.38. The first-order valence-electron chi connectivity index (χ1n) is 14.5. The monoisotopic (exact) mass is 584 g/mol. The number of anilines is 2. The molecule has 42 heavy (non-hydrogen) atoms. The van der Waals surface area contributed by atoms with Crippen molar-refractivity contribution in [2.75, 3.05) is 32.6 Å². The van der Waals surface area contributed by atoms with Crippen LogP contribution >= 0.6 is 0 Å². The molecule has 0 spiro atoms. The third-order valence-corrected chi connectivity index (χ3v) is 8.39. The van der Waals surface area contributed by atoms with Gasteiger partial charge in [-0.2, -0.15) is 4.98 Å². The van der Waals surface area contributed by atoms with Gasteiger partial charge in [-0.05, 0) is 83.3 Å². The van der Waals surface area contributed by atoms with Crippen LogP contribution in [0.3, 0.4) is 0 Å². The van der Waals surface area contributed by atoms with E-state index in [1.54, 1.807) is 25.1 Å². The zero-order chi connectivity index (χ0) is 30.0. The molecule has 5 rings (SSSR count). The minimum absolute atomic E-state index is 0.0178. The minimum Gasteiger partial charge on any atom is -0.481 e. The molecule has 2 N–H and O–H groups in total. The lowest BCUT2D eigenvalue weighted by Crippen LogP contribution is -2.48. The summed E-state index contributed by atoms with van der Waals surface area (Å²) in [6.45, 7) is 2.86. The number of fused-ring (bicyclic) bond motifs is 1. The molecule has 2 atom stereocenters. The summed E-state index contributed by atoms with van der Waals surface area (Å²) in [5.74, 6) is -2.32. The standard InChI is InChI=1S/C31H38F2N4O5/c1-18-4-8-21(32)15-26(18)35-31-34-25-13-7-20(28(33)29(25)42-31)14-27(38)37-22(16-36(2)3)9-10-23(37)17-41-24-11-5-19(6-12-24)30(39)40/h4,7-8,13,15,19,22-24H,5-6,9-12,14,16-17H2,1-3H3,(H,34,35)(H,39,40)/t19?,22-,23-,24?/m0/s1. The van der Waals surface area contributed by atoms with Crippen LogP contribution in [0.2, 0.25) is 0 Å². The summed E-state index contributed by atoms with van der Waals surface area (Å²) in [5.41, 5.74) is 1.66. The maximum Gasteiger partial charge on any atom is 0.306 e. The van der Waals surface area contributed by atoms with E-state index in [0.29, 0.717) is 44.5 Å². The maximum absolute atomic E-state index is 15.6. The normalized spacial score (nSPS) is 22.7. The third-order valence-electron chi connectivity index (χ3n) is 8.39. The molecule has 11 heteroatoms. The Morgan fingerprint density at radius 2 is 1.83 bits per heavy atom. The molecule has 1 saturated carbocycles. The molecule has 3 aromatic rings. The van der Waals surface area contributed by atoms with Gasteiger partial charge in [-0.1, -0.05) is 12.1 Å². The van der Waals surface area contributed by atoms with Gasteiger partial charge in [-0.3, -0.25) is 9.59 Å². The summed E-state index contributed by atoms with van der Waals surface area (Å²) < 4.78 is 41.2. The first kappa shape index (κ1) is 29.9. The molecule has 1 amide bonds. The Kier molecular flexibility index (Phi) is 9.08. The van der Waals surface area contributed by atoms with Crippen molar-refractivity contribution in [2.45, 2.75) is 70.1 Å². The van der Waals surface area contributed by atoms with E-state index >= 15 is 4.39 Å². The molecule has 1 aliphatic heterocycles. The van der Waals surface area contributed by atoms with E-state index in [4.69, 9.17) is 9.15 Å². The SMILES string of the molecule is Cc1ccc(F)cc1Nc1nc2ccc(CC(=O)N3[C@H](COC4CCC(C(=O)O)CC4)CC[C@H]3CN(C)C)c(F)c2o1. The number of carbonyl (C=O) groups excluding carboxylic acids is 1. The second kappa shape index (κ2) is 12.7. The number of benzene rings is 2. The average Bonchev–Trinajstić information content (AvgIpc) is 3.55. The first-order valence-corrected chi connectivity index (χ1v) is 14.5. The number of aryl methyl sites for hydroxylation is 1. The smallest absolute Gasteiger partial charge is 0.306 e. The molecule has 9 nitrogen and oxygen atoms in total. The molecule has 0 radical (unpaired) electrons. The Labute approximate surface area is 243 Å². The van der Waals surface area contributed by atoms with E-state index < -0.39 is 17.6 Å². The van der Waals surface area contributed by atoms with Gasteiger partial charge >= 0.3 is 5.97 Å². The number of carboxylic acids is 1. The van der Waals surface area contributed by atoms with Crippen molar-refractivity contribution in [1.82, 2.24) is 14.8 Å². The molecule has 2 fully saturated rings. The molecule has 0 bridgehead atoms. The molecule has 2 aliphatic rings. The quantitative estimate of drug-likeness (QED) is 0.331. The highest BCUT2D eigenvalue weighted by atomic mass is 19.1. The number of likely N-dealkylation sites (N-methyl/N-ethyl adjacent to an activating group) is 1. The van der Waals surface area contributed by atoms with E-state index in [1.165, 1.54) is 12.1 Å². The molecular formula is C31H38F2N4O5. The Bertz CT molecular complexity index is 1440. The number of ether oxygens (including phenoxy) is 1. The van der Waals surface area contributed by atoms with Crippen LogP contribution in [0.15, 0.2) is 34.7 Å². The Morgan fingerprint density at radius 1 is 1.10 bits per heavy atom. The lowest BCUT2D eigenvalue weighted by molar-refractivity contribution is -0.144. The predicted octanol–water partition coefficient (Wildman–Crippen LogP) is 5.28. The van der Waals surface area contributed by atoms with E-state index in [-0.39, 0.29) is 59.1 Å². The number of carbonyl (C=O) groups is 2. The summed E-state index contributed by atoms with van der Waals surface area (Å²) in [4.78, 5) is 33.2. The second-order valence-corrected chi connectivity index (χ2v) is 11.8. The van der Waals surface area contributed by atoms with Crippen LogP contribution in [0.5, 0.6) is 0 Å². The van der Waals surface area contributed by atoms with Crippen LogP contribution in [0.25, 0.3) is 11.1 Å². The van der Waals surface area contributed by atoms with E-state index in [1.807, 2.05) is 23.9 Å². The van der Waals surface area contributed by atoms with Crippen molar-refractivity contribution in [3.8, 4) is 0 Å². The third kappa shape index (κ3) is 6.73. The number of oxazole rings is 1. The van der Waals surface area contributed by atoms with Gasteiger partial charge in [0.05, 0.1) is 31.1 Å². The van der Waals surface area contributed by atoms with Gasteiger partial charge in [0.25, 0.3) is 6.01 Å². The Hall–Kier alpha value is -3.57.